The second-order valence-corrected chi connectivity index (χ2v) is 6.17. The van der Waals surface area contributed by atoms with E-state index >= 15 is 0 Å². The van der Waals surface area contributed by atoms with Gasteiger partial charge in [0.15, 0.2) is 0 Å². The summed E-state index contributed by atoms with van der Waals surface area (Å²) in [7, 11) is 0. The summed E-state index contributed by atoms with van der Waals surface area (Å²) in [6.45, 7) is 9.39. The highest BCUT2D eigenvalue weighted by Crippen LogP contribution is 2.32. The van der Waals surface area contributed by atoms with E-state index in [9.17, 15) is 9.59 Å². The van der Waals surface area contributed by atoms with Crippen LogP contribution in [-0.2, 0) is 4.79 Å². The number of carbonyl (C=O) groups excluding carboxylic acids is 2. The van der Waals surface area contributed by atoms with E-state index in [2.05, 4.69) is 0 Å². The summed E-state index contributed by atoms with van der Waals surface area (Å²) in [5, 5.41) is 0. The van der Waals surface area contributed by atoms with Crippen LogP contribution < -0.4 is 4.74 Å². The van der Waals surface area contributed by atoms with Crippen LogP contribution in [0.2, 0.25) is 0 Å². The van der Waals surface area contributed by atoms with Crippen LogP contribution in [0.15, 0.2) is 24.3 Å². The van der Waals surface area contributed by atoms with Gasteiger partial charge in [-0.2, -0.15) is 0 Å². The molecule has 0 aliphatic carbocycles. The standard InChI is InChI=1S/C16H22O3/c1-12(18)15(2,3)11-16(4,5)19-14-8-6-13(10-17)7-9-14/h6-10H,11H2,1-5H3. The maximum absolute atomic E-state index is 11.6. The highest BCUT2D eigenvalue weighted by molar-refractivity contribution is 5.81. The summed E-state index contributed by atoms with van der Waals surface area (Å²) in [5.41, 5.74) is -0.237. The Balaban J connectivity index is 2.78. The minimum Gasteiger partial charge on any atom is -0.488 e. The van der Waals surface area contributed by atoms with Gasteiger partial charge in [0.1, 0.15) is 23.4 Å². The van der Waals surface area contributed by atoms with Crippen molar-refractivity contribution in [2.24, 2.45) is 5.41 Å². The van der Waals surface area contributed by atoms with E-state index in [4.69, 9.17) is 4.74 Å². The van der Waals surface area contributed by atoms with Crippen molar-refractivity contribution in [2.45, 2.75) is 46.6 Å². The average Bonchev–Trinajstić information content (AvgIpc) is 2.27. The van der Waals surface area contributed by atoms with Crippen molar-refractivity contribution in [2.75, 3.05) is 0 Å². The number of ether oxygens (including phenoxy) is 1. The van der Waals surface area contributed by atoms with Gasteiger partial charge in [-0.3, -0.25) is 9.59 Å². The first-order valence-electron chi connectivity index (χ1n) is 6.42. The van der Waals surface area contributed by atoms with Crippen LogP contribution in [0.4, 0.5) is 0 Å². The Hall–Kier alpha value is -1.64. The first-order valence-corrected chi connectivity index (χ1v) is 6.42. The summed E-state index contributed by atoms with van der Waals surface area (Å²) in [4.78, 5) is 22.2. The Morgan fingerprint density at radius 2 is 1.68 bits per heavy atom. The number of rotatable bonds is 6. The SMILES string of the molecule is CC(=O)C(C)(C)CC(C)(C)Oc1ccc(C=O)cc1. The van der Waals surface area contributed by atoms with Crippen LogP contribution >= 0.6 is 0 Å². The van der Waals surface area contributed by atoms with Gasteiger partial charge in [-0.05, 0) is 51.5 Å². The molecule has 0 atom stereocenters. The van der Waals surface area contributed by atoms with E-state index in [-0.39, 0.29) is 5.78 Å². The number of Topliss-reactive ketones (excluding diaryl/α,β-unsaturated/α-hetero) is 1. The molecule has 104 valence electrons. The zero-order valence-corrected chi connectivity index (χ0v) is 12.3. The Labute approximate surface area is 115 Å². The van der Waals surface area contributed by atoms with Crippen LogP contribution in [0.3, 0.4) is 0 Å². The second-order valence-electron chi connectivity index (χ2n) is 6.17. The number of hydrogen-bond acceptors (Lipinski definition) is 3. The lowest BCUT2D eigenvalue weighted by Gasteiger charge is -2.33. The second kappa shape index (κ2) is 5.55. The molecule has 0 saturated carbocycles. The molecule has 1 rings (SSSR count). The molecule has 0 unspecified atom stereocenters. The Morgan fingerprint density at radius 1 is 1.16 bits per heavy atom. The number of aldehydes is 1. The van der Waals surface area contributed by atoms with Gasteiger partial charge < -0.3 is 4.74 Å². The molecule has 1 aromatic carbocycles. The molecule has 0 saturated heterocycles. The molecular formula is C16H22O3. The van der Waals surface area contributed by atoms with Gasteiger partial charge >= 0.3 is 0 Å². The number of ketones is 1. The van der Waals surface area contributed by atoms with Gasteiger partial charge in [0.25, 0.3) is 0 Å². The maximum Gasteiger partial charge on any atom is 0.150 e. The van der Waals surface area contributed by atoms with Gasteiger partial charge in [-0.15, -0.1) is 0 Å². The van der Waals surface area contributed by atoms with E-state index in [0.717, 1.165) is 6.29 Å². The summed E-state index contributed by atoms with van der Waals surface area (Å²) in [5.74, 6) is 0.857. The maximum atomic E-state index is 11.6. The van der Waals surface area contributed by atoms with Crippen LogP contribution in [0.25, 0.3) is 0 Å². The smallest absolute Gasteiger partial charge is 0.150 e. The van der Waals surface area contributed by atoms with Crippen molar-refractivity contribution < 1.29 is 14.3 Å². The van der Waals surface area contributed by atoms with Crippen molar-refractivity contribution in [1.82, 2.24) is 0 Å². The number of benzene rings is 1. The molecule has 0 aliphatic rings. The molecule has 0 bridgehead atoms. The van der Waals surface area contributed by atoms with E-state index in [1.807, 2.05) is 27.7 Å². The molecular weight excluding hydrogens is 240 g/mol. The van der Waals surface area contributed by atoms with Gasteiger partial charge in [0.2, 0.25) is 0 Å². The molecule has 0 aliphatic heterocycles. The van der Waals surface area contributed by atoms with Crippen molar-refractivity contribution >= 4 is 12.1 Å². The fraction of sp³-hybridized carbons (Fsp3) is 0.500. The summed E-state index contributed by atoms with van der Waals surface area (Å²) in [6, 6.07) is 6.97. The summed E-state index contributed by atoms with van der Waals surface area (Å²) < 4.78 is 5.92. The molecule has 0 aromatic heterocycles. The molecule has 0 N–H and O–H groups in total. The van der Waals surface area contributed by atoms with Gasteiger partial charge in [0, 0.05) is 11.0 Å². The molecule has 3 nitrogen and oxygen atoms in total. The molecule has 0 fully saturated rings. The minimum absolute atomic E-state index is 0.153. The number of carbonyl (C=O) groups is 2. The van der Waals surface area contributed by atoms with E-state index in [0.29, 0.717) is 17.7 Å². The molecule has 1 aromatic rings. The predicted octanol–water partition coefficient (Wildman–Crippen LogP) is 3.66. The van der Waals surface area contributed by atoms with Crippen molar-refractivity contribution in [3.05, 3.63) is 29.8 Å². The van der Waals surface area contributed by atoms with E-state index in [1.54, 1.807) is 31.2 Å². The third-order valence-corrected chi connectivity index (χ3v) is 3.23. The fourth-order valence-electron chi connectivity index (χ4n) is 2.16. The van der Waals surface area contributed by atoms with Crippen LogP contribution in [0.5, 0.6) is 5.75 Å². The molecule has 19 heavy (non-hydrogen) atoms. The number of hydrogen-bond donors (Lipinski definition) is 0. The van der Waals surface area contributed by atoms with Crippen molar-refractivity contribution in [3.8, 4) is 5.75 Å². The van der Waals surface area contributed by atoms with Gasteiger partial charge in [-0.25, -0.2) is 0 Å². The molecule has 0 spiro atoms. The zero-order chi connectivity index (χ0) is 14.7. The topological polar surface area (TPSA) is 43.4 Å². The average molecular weight is 262 g/mol. The summed E-state index contributed by atoms with van der Waals surface area (Å²) >= 11 is 0. The molecule has 3 heteroatoms. The Bertz CT molecular complexity index is 455. The van der Waals surface area contributed by atoms with E-state index < -0.39 is 11.0 Å². The normalized spacial score (nSPS) is 12.1. The van der Waals surface area contributed by atoms with Gasteiger partial charge in [0.05, 0.1) is 0 Å². The molecule has 0 amide bonds. The van der Waals surface area contributed by atoms with Gasteiger partial charge in [-0.1, -0.05) is 13.8 Å². The quantitative estimate of drug-likeness (QED) is 0.735. The lowest BCUT2D eigenvalue weighted by molar-refractivity contribution is -0.127. The molecule has 0 radical (unpaired) electrons. The van der Waals surface area contributed by atoms with Crippen molar-refractivity contribution in [3.63, 3.8) is 0 Å². The predicted molar refractivity (Wildman–Crippen MR) is 75.6 cm³/mol. The largest absolute Gasteiger partial charge is 0.488 e. The zero-order valence-electron chi connectivity index (χ0n) is 12.3. The first-order chi connectivity index (χ1) is 8.66. The Kier molecular flexibility index (Phi) is 4.51. The van der Waals surface area contributed by atoms with Crippen LogP contribution in [-0.4, -0.2) is 17.7 Å². The Morgan fingerprint density at radius 3 is 2.11 bits per heavy atom. The third kappa shape index (κ3) is 4.51. The minimum atomic E-state index is -0.447. The first kappa shape index (κ1) is 15.4. The lowest BCUT2D eigenvalue weighted by atomic mass is 9.79. The van der Waals surface area contributed by atoms with Crippen LogP contribution in [0.1, 0.15) is 51.4 Å². The highest BCUT2D eigenvalue weighted by atomic mass is 16.5. The lowest BCUT2D eigenvalue weighted by Crippen LogP contribution is -2.37. The fourth-order valence-corrected chi connectivity index (χ4v) is 2.16. The van der Waals surface area contributed by atoms with Crippen LogP contribution in [0, 0.1) is 5.41 Å². The monoisotopic (exact) mass is 262 g/mol. The van der Waals surface area contributed by atoms with Crippen molar-refractivity contribution in [1.29, 1.82) is 0 Å². The summed E-state index contributed by atoms with van der Waals surface area (Å²) in [6.07, 6.45) is 1.43. The molecule has 0 heterocycles. The third-order valence-electron chi connectivity index (χ3n) is 3.23. The highest BCUT2D eigenvalue weighted by Gasteiger charge is 2.33. The van der Waals surface area contributed by atoms with E-state index in [1.165, 1.54) is 0 Å².